The van der Waals surface area contributed by atoms with E-state index < -0.39 is 6.10 Å². The predicted octanol–water partition coefficient (Wildman–Crippen LogP) is 2.24. The standard InChI is InChI=1S/C18H24N2O3/c1-14(2)12-23-13-17(21)11-19-18(22)15-6-5-7-16(10-15)20-8-3-4-9-20/h3-10,14,17,21H,11-13H2,1-2H3,(H,19,22). The smallest absolute Gasteiger partial charge is 0.251 e. The molecule has 0 aliphatic rings. The molecule has 0 saturated carbocycles. The maximum absolute atomic E-state index is 12.2. The highest BCUT2D eigenvalue weighted by molar-refractivity contribution is 5.94. The Hall–Kier alpha value is -2.11. The van der Waals surface area contributed by atoms with Gasteiger partial charge in [-0.3, -0.25) is 4.79 Å². The van der Waals surface area contributed by atoms with Crippen molar-refractivity contribution < 1.29 is 14.6 Å². The van der Waals surface area contributed by atoms with E-state index in [0.717, 1.165) is 5.69 Å². The number of hydrogen-bond acceptors (Lipinski definition) is 3. The average Bonchev–Trinajstić information content (AvgIpc) is 3.07. The number of aliphatic hydroxyl groups excluding tert-OH is 1. The maximum atomic E-state index is 12.2. The van der Waals surface area contributed by atoms with Crippen LogP contribution in [0.5, 0.6) is 0 Å². The second kappa shape index (κ2) is 8.50. The summed E-state index contributed by atoms with van der Waals surface area (Å²) in [5, 5.41) is 12.6. The molecule has 0 spiro atoms. The molecule has 1 heterocycles. The molecular formula is C18H24N2O3. The number of aromatic nitrogens is 1. The van der Waals surface area contributed by atoms with Gasteiger partial charge in [-0.2, -0.15) is 0 Å². The number of hydrogen-bond donors (Lipinski definition) is 2. The molecule has 1 amide bonds. The monoisotopic (exact) mass is 316 g/mol. The van der Waals surface area contributed by atoms with Crippen molar-refractivity contribution in [2.45, 2.75) is 20.0 Å². The van der Waals surface area contributed by atoms with Crippen LogP contribution in [0, 0.1) is 5.92 Å². The second-order valence-corrected chi connectivity index (χ2v) is 5.94. The normalized spacial score (nSPS) is 12.3. The van der Waals surface area contributed by atoms with Crippen LogP contribution in [0.3, 0.4) is 0 Å². The van der Waals surface area contributed by atoms with Crippen molar-refractivity contribution >= 4 is 5.91 Å². The van der Waals surface area contributed by atoms with Crippen LogP contribution in [0.25, 0.3) is 5.69 Å². The predicted molar refractivity (Wildman–Crippen MR) is 89.8 cm³/mol. The number of carbonyl (C=O) groups excluding carboxylic acids is 1. The number of nitrogens with zero attached hydrogens (tertiary/aromatic N) is 1. The molecule has 1 aromatic carbocycles. The zero-order chi connectivity index (χ0) is 16.7. The number of ether oxygens (including phenoxy) is 1. The van der Waals surface area contributed by atoms with Gasteiger partial charge in [0.1, 0.15) is 0 Å². The van der Waals surface area contributed by atoms with Gasteiger partial charge in [-0.05, 0) is 36.2 Å². The molecule has 23 heavy (non-hydrogen) atoms. The molecule has 0 aliphatic heterocycles. The van der Waals surface area contributed by atoms with Crippen molar-refractivity contribution in [1.29, 1.82) is 0 Å². The van der Waals surface area contributed by atoms with Gasteiger partial charge in [0.25, 0.3) is 5.91 Å². The first kappa shape index (κ1) is 17.2. The van der Waals surface area contributed by atoms with Crippen LogP contribution < -0.4 is 5.32 Å². The topological polar surface area (TPSA) is 63.5 Å². The molecule has 5 heteroatoms. The fourth-order valence-electron chi connectivity index (χ4n) is 2.13. The molecule has 0 radical (unpaired) electrons. The zero-order valence-electron chi connectivity index (χ0n) is 13.6. The van der Waals surface area contributed by atoms with Crippen LogP contribution in [0.15, 0.2) is 48.8 Å². The van der Waals surface area contributed by atoms with E-state index >= 15 is 0 Å². The number of nitrogens with one attached hydrogen (secondary N) is 1. The summed E-state index contributed by atoms with van der Waals surface area (Å²) in [4.78, 5) is 12.2. The van der Waals surface area contributed by atoms with Crippen molar-refractivity contribution in [3.05, 3.63) is 54.4 Å². The lowest BCUT2D eigenvalue weighted by Gasteiger charge is -2.14. The number of rotatable bonds is 8. The summed E-state index contributed by atoms with van der Waals surface area (Å²) in [5.41, 5.74) is 1.48. The lowest BCUT2D eigenvalue weighted by molar-refractivity contribution is 0.0259. The van der Waals surface area contributed by atoms with Crippen LogP contribution in [0.1, 0.15) is 24.2 Å². The molecule has 1 atom stereocenters. The van der Waals surface area contributed by atoms with E-state index in [9.17, 15) is 9.90 Å². The van der Waals surface area contributed by atoms with E-state index in [-0.39, 0.29) is 19.1 Å². The molecule has 0 aliphatic carbocycles. The van der Waals surface area contributed by atoms with Crippen LogP contribution in [0.4, 0.5) is 0 Å². The highest BCUT2D eigenvalue weighted by Crippen LogP contribution is 2.11. The molecule has 2 rings (SSSR count). The summed E-state index contributed by atoms with van der Waals surface area (Å²) >= 11 is 0. The van der Waals surface area contributed by atoms with Crippen molar-refractivity contribution in [1.82, 2.24) is 9.88 Å². The second-order valence-electron chi connectivity index (χ2n) is 5.94. The fourth-order valence-corrected chi connectivity index (χ4v) is 2.13. The van der Waals surface area contributed by atoms with Gasteiger partial charge in [-0.15, -0.1) is 0 Å². The van der Waals surface area contributed by atoms with Crippen molar-refractivity contribution in [3.8, 4) is 5.69 Å². The molecule has 5 nitrogen and oxygen atoms in total. The fraction of sp³-hybridized carbons (Fsp3) is 0.389. The highest BCUT2D eigenvalue weighted by Gasteiger charge is 2.10. The number of carbonyl (C=O) groups is 1. The Morgan fingerprint density at radius 3 is 2.65 bits per heavy atom. The van der Waals surface area contributed by atoms with Gasteiger partial charge in [-0.1, -0.05) is 19.9 Å². The Morgan fingerprint density at radius 1 is 1.22 bits per heavy atom. The summed E-state index contributed by atoms with van der Waals surface area (Å²) in [6, 6.07) is 11.2. The summed E-state index contributed by atoms with van der Waals surface area (Å²) in [5.74, 6) is 0.218. The van der Waals surface area contributed by atoms with Crippen LogP contribution >= 0.6 is 0 Å². The molecule has 0 fully saturated rings. The Balaban J connectivity index is 1.85. The van der Waals surface area contributed by atoms with E-state index in [1.165, 1.54) is 0 Å². The molecule has 0 bridgehead atoms. The summed E-state index contributed by atoms with van der Waals surface area (Å²) in [6.45, 7) is 5.09. The minimum absolute atomic E-state index is 0.171. The first-order valence-electron chi connectivity index (χ1n) is 7.83. The van der Waals surface area contributed by atoms with Crippen molar-refractivity contribution in [3.63, 3.8) is 0 Å². The van der Waals surface area contributed by atoms with E-state index in [0.29, 0.717) is 18.1 Å². The van der Waals surface area contributed by atoms with E-state index in [1.807, 2.05) is 61.1 Å². The third-order valence-electron chi connectivity index (χ3n) is 3.27. The van der Waals surface area contributed by atoms with Gasteiger partial charge in [0.05, 0.1) is 12.7 Å². The van der Waals surface area contributed by atoms with Crippen LogP contribution in [-0.4, -0.2) is 41.4 Å². The SMILES string of the molecule is CC(C)COCC(O)CNC(=O)c1cccc(-n2cccc2)c1. The van der Waals surface area contributed by atoms with Crippen LogP contribution in [-0.2, 0) is 4.74 Å². The van der Waals surface area contributed by atoms with Gasteiger partial charge >= 0.3 is 0 Å². The molecular weight excluding hydrogens is 292 g/mol. The molecule has 2 N–H and O–H groups in total. The minimum atomic E-state index is -0.703. The minimum Gasteiger partial charge on any atom is -0.389 e. The number of amides is 1. The Labute approximate surface area is 136 Å². The largest absolute Gasteiger partial charge is 0.389 e. The third kappa shape index (κ3) is 5.54. The van der Waals surface area contributed by atoms with Gasteiger partial charge in [0, 0.05) is 36.8 Å². The summed E-state index contributed by atoms with van der Waals surface area (Å²) in [6.07, 6.45) is 3.14. The zero-order valence-corrected chi connectivity index (χ0v) is 13.6. The van der Waals surface area contributed by atoms with Crippen molar-refractivity contribution in [2.75, 3.05) is 19.8 Å². The van der Waals surface area contributed by atoms with Gasteiger partial charge in [0.2, 0.25) is 0 Å². The van der Waals surface area contributed by atoms with Crippen molar-refractivity contribution in [2.24, 2.45) is 5.92 Å². The first-order valence-corrected chi connectivity index (χ1v) is 7.83. The Kier molecular flexibility index (Phi) is 6.38. The lowest BCUT2D eigenvalue weighted by Crippen LogP contribution is -2.34. The quantitative estimate of drug-likeness (QED) is 0.785. The molecule has 124 valence electrons. The Bertz CT molecular complexity index is 608. The molecule has 0 saturated heterocycles. The third-order valence-corrected chi connectivity index (χ3v) is 3.27. The maximum Gasteiger partial charge on any atom is 0.251 e. The number of benzene rings is 1. The first-order chi connectivity index (χ1) is 11.1. The van der Waals surface area contributed by atoms with E-state index in [4.69, 9.17) is 4.74 Å². The highest BCUT2D eigenvalue weighted by atomic mass is 16.5. The molecule has 2 aromatic rings. The molecule has 1 aromatic heterocycles. The average molecular weight is 316 g/mol. The molecule has 1 unspecified atom stereocenters. The number of aliphatic hydroxyl groups is 1. The Morgan fingerprint density at radius 2 is 1.96 bits per heavy atom. The van der Waals surface area contributed by atoms with Gasteiger partial charge < -0.3 is 19.7 Å². The lowest BCUT2D eigenvalue weighted by atomic mass is 10.2. The summed E-state index contributed by atoms with van der Waals surface area (Å²) < 4.78 is 7.29. The van der Waals surface area contributed by atoms with Gasteiger partial charge in [-0.25, -0.2) is 0 Å². The van der Waals surface area contributed by atoms with Gasteiger partial charge in [0.15, 0.2) is 0 Å². The van der Waals surface area contributed by atoms with E-state index in [2.05, 4.69) is 5.32 Å². The van der Waals surface area contributed by atoms with Crippen LogP contribution in [0.2, 0.25) is 0 Å². The van der Waals surface area contributed by atoms with E-state index in [1.54, 1.807) is 6.07 Å². The summed E-state index contributed by atoms with van der Waals surface area (Å²) in [7, 11) is 0.